The van der Waals surface area contributed by atoms with Crippen LogP contribution in [0.5, 0.6) is 0 Å². The maximum atomic E-state index is 12.2. The lowest BCUT2D eigenvalue weighted by molar-refractivity contribution is -0.134. The highest BCUT2D eigenvalue weighted by Crippen LogP contribution is 2.10. The van der Waals surface area contributed by atoms with Gasteiger partial charge in [-0.1, -0.05) is 0 Å². The van der Waals surface area contributed by atoms with Gasteiger partial charge in [0.25, 0.3) is 0 Å². The SMILES string of the molecule is CN(C)CCN1CCN(C(=O)[C@@H]2CCCN2)CC1. The number of carbonyl (C=O) groups is 1. The molecule has 2 fully saturated rings. The molecule has 0 aromatic rings. The number of carbonyl (C=O) groups excluding carboxylic acids is 1. The van der Waals surface area contributed by atoms with E-state index in [1.807, 2.05) is 4.90 Å². The van der Waals surface area contributed by atoms with Gasteiger partial charge in [-0.05, 0) is 33.5 Å². The highest BCUT2D eigenvalue weighted by molar-refractivity contribution is 5.82. The minimum Gasteiger partial charge on any atom is -0.339 e. The minimum absolute atomic E-state index is 0.0957. The van der Waals surface area contributed by atoms with Gasteiger partial charge in [-0.25, -0.2) is 0 Å². The largest absolute Gasteiger partial charge is 0.339 e. The number of hydrogen-bond acceptors (Lipinski definition) is 4. The van der Waals surface area contributed by atoms with Crippen LogP contribution >= 0.6 is 0 Å². The van der Waals surface area contributed by atoms with E-state index in [2.05, 4.69) is 29.2 Å². The van der Waals surface area contributed by atoms with E-state index in [9.17, 15) is 4.79 Å². The van der Waals surface area contributed by atoms with Crippen molar-refractivity contribution in [1.29, 1.82) is 0 Å². The molecule has 1 amide bonds. The first-order valence-electron chi connectivity index (χ1n) is 7.06. The van der Waals surface area contributed by atoms with Gasteiger partial charge in [0.05, 0.1) is 6.04 Å². The van der Waals surface area contributed by atoms with Gasteiger partial charge in [0.1, 0.15) is 0 Å². The summed E-state index contributed by atoms with van der Waals surface area (Å²) in [6.07, 6.45) is 2.15. The van der Waals surface area contributed by atoms with E-state index in [0.717, 1.165) is 58.7 Å². The molecule has 2 rings (SSSR count). The number of likely N-dealkylation sites (N-methyl/N-ethyl adjacent to an activating group) is 1. The molecule has 2 heterocycles. The van der Waals surface area contributed by atoms with Gasteiger partial charge in [0, 0.05) is 39.3 Å². The zero-order chi connectivity index (χ0) is 13.0. The monoisotopic (exact) mass is 254 g/mol. The molecule has 0 aromatic heterocycles. The second-order valence-corrected chi connectivity index (χ2v) is 5.62. The number of amides is 1. The first-order valence-corrected chi connectivity index (χ1v) is 7.06. The lowest BCUT2D eigenvalue weighted by atomic mass is 10.2. The van der Waals surface area contributed by atoms with Gasteiger partial charge in [-0.2, -0.15) is 0 Å². The summed E-state index contributed by atoms with van der Waals surface area (Å²) in [4.78, 5) is 18.9. The van der Waals surface area contributed by atoms with Crippen LogP contribution in [0.4, 0.5) is 0 Å². The number of nitrogens with one attached hydrogen (secondary N) is 1. The van der Waals surface area contributed by atoms with E-state index in [1.165, 1.54) is 0 Å². The molecule has 0 aromatic carbocycles. The quantitative estimate of drug-likeness (QED) is 0.730. The second kappa shape index (κ2) is 6.50. The molecule has 0 bridgehead atoms. The molecule has 0 aliphatic carbocycles. The first kappa shape index (κ1) is 13.8. The lowest BCUT2D eigenvalue weighted by Gasteiger charge is -2.36. The van der Waals surface area contributed by atoms with Crippen LogP contribution < -0.4 is 5.32 Å². The van der Waals surface area contributed by atoms with Crippen molar-refractivity contribution in [1.82, 2.24) is 20.0 Å². The predicted molar refractivity (Wildman–Crippen MR) is 72.6 cm³/mol. The number of nitrogens with zero attached hydrogens (tertiary/aromatic N) is 3. The average Bonchev–Trinajstić information content (AvgIpc) is 2.90. The third-order valence-electron chi connectivity index (χ3n) is 3.91. The molecule has 2 aliphatic rings. The third kappa shape index (κ3) is 3.67. The van der Waals surface area contributed by atoms with Gasteiger partial charge in [-0.15, -0.1) is 0 Å². The van der Waals surface area contributed by atoms with Crippen molar-refractivity contribution < 1.29 is 4.79 Å². The van der Waals surface area contributed by atoms with E-state index in [1.54, 1.807) is 0 Å². The molecule has 0 radical (unpaired) electrons. The van der Waals surface area contributed by atoms with Crippen LogP contribution in [0.25, 0.3) is 0 Å². The van der Waals surface area contributed by atoms with Crippen molar-refractivity contribution in [3.63, 3.8) is 0 Å². The minimum atomic E-state index is 0.0957. The highest BCUT2D eigenvalue weighted by Gasteiger charge is 2.28. The molecule has 5 nitrogen and oxygen atoms in total. The van der Waals surface area contributed by atoms with Gasteiger partial charge < -0.3 is 15.1 Å². The molecular weight excluding hydrogens is 228 g/mol. The third-order valence-corrected chi connectivity index (χ3v) is 3.91. The number of hydrogen-bond donors (Lipinski definition) is 1. The van der Waals surface area contributed by atoms with E-state index < -0.39 is 0 Å². The van der Waals surface area contributed by atoms with E-state index in [-0.39, 0.29) is 6.04 Å². The van der Waals surface area contributed by atoms with Crippen LogP contribution in [0, 0.1) is 0 Å². The second-order valence-electron chi connectivity index (χ2n) is 5.62. The standard InChI is InChI=1S/C13H26N4O/c1-15(2)6-7-16-8-10-17(11-9-16)13(18)12-4-3-5-14-12/h12,14H,3-11H2,1-2H3/t12-/m0/s1. The molecule has 2 saturated heterocycles. The summed E-state index contributed by atoms with van der Waals surface area (Å²) in [5.41, 5.74) is 0. The molecular formula is C13H26N4O. The summed E-state index contributed by atoms with van der Waals surface area (Å²) in [7, 11) is 4.21. The first-order chi connectivity index (χ1) is 8.66. The number of rotatable bonds is 4. The fourth-order valence-electron chi connectivity index (χ4n) is 2.65. The van der Waals surface area contributed by atoms with Crippen LogP contribution in [0.1, 0.15) is 12.8 Å². The summed E-state index contributed by atoms with van der Waals surface area (Å²) in [5.74, 6) is 0.319. The lowest BCUT2D eigenvalue weighted by Crippen LogP contribution is -2.53. The highest BCUT2D eigenvalue weighted by atomic mass is 16.2. The molecule has 1 N–H and O–H groups in total. The maximum absolute atomic E-state index is 12.2. The van der Waals surface area contributed by atoms with Gasteiger partial charge in [0.15, 0.2) is 0 Å². The van der Waals surface area contributed by atoms with Gasteiger partial charge in [0.2, 0.25) is 5.91 Å². The van der Waals surface area contributed by atoms with Crippen molar-refractivity contribution in [2.75, 3.05) is 59.9 Å². The van der Waals surface area contributed by atoms with Crippen molar-refractivity contribution in [2.45, 2.75) is 18.9 Å². The van der Waals surface area contributed by atoms with Crippen molar-refractivity contribution >= 4 is 5.91 Å². The Labute approximate surface area is 110 Å². The molecule has 5 heteroatoms. The Morgan fingerprint density at radius 1 is 1.28 bits per heavy atom. The fourth-order valence-corrected chi connectivity index (χ4v) is 2.65. The van der Waals surface area contributed by atoms with Gasteiger partial charge >= 0.3 is 0 Å². The Kier molecular flexibility index (Phi) is 4.97. The smallest absolute Gasteiger partial charge is 0.239 e. The van der Waals surface area contributed by atoms with E-state index in [4.69, 9.17) is 0 Å². The molecule has 104 valence electrons. The van der Waals surface area contributed by atoms with Crippen LogP contribution in [-0.4, -0.2) is 86.6 Å². The van der Waals surface area contributed by atoms with Crippen LogP contribution in [0.2, 0.25) is 0 Å². The van der Waals surface area contributed by atoms with E-state index >= 15 is 0 Å². The predicted octanol–water partition coefficient (Wildman–Crippen LogP) is -0.556. The zero-order valence-corrected chi connectivity index (χ0v) is 11.7. The Bertz CT molecular complexity index is 268. The normalized spacial score (nSPS) is 25.9. The van der Waals surface area contributed by atoms with Crippen molar-refractivity contribution in [3.05, 3.63) is 0 Å². The Morgan fingerprint density at radius 3 is 2.56 bits per heavy atom. The summed E-state index contributed by atoms with van der Waals surface area (Å²) in [6.45, 7) is 7.03. The van der Waals surface area contributed by atoms with Crippen molar-refractivity contribution in [3.8, 4) is 0 Å². The fraction of sp³-hybridized carbons (Fsp3) is 0.923. The summed E-state index contributed by atoms with van der Waals surface area (Å²) in [5, 5.41) is 3.29. The van der Waals surface area contributed by atoms with Crippen molar-refractivity contribution in [2.24, 2.45) is 0 Å². The van der Waals surface area contributed by atoms with Gasteiger partial charge in [-0.3, -0.25) is 9.69 Å². The molecule has 1 atom stereocenters. The van der Waals surface area contributed by atoms with Crippen LogP contribution in [-0.2, 0) is 4.79 Å². The Morgan fingerprint density at radius 2 is 2.00 bits per heavy atom. The topological polar surface area (TPSA) is 38.8 Å². The zero-order valence-electron chi connectivity index (χ0n) is 11.7. The van der Waals surface area contributed by atoms with E-state index in [0.29, 0.717) is 5.91 Å². The Balaban J connectivity index is 1.70. The maximum Gasteiger partial charge on any atom is 0.239 e. The van der Waals surface area contributed by atoms with Crippen LogP contribution in [0.3, 0.4) is 0 Å². The Hall–Kier alpha value is -0.650. The molecule has 2 aliphatic heterocycles. The molecule has 0 spiro atoms. The summed E-state index contributed by atoms with van der Waals surface area (Å²) < 4.78 is 0. The molecule has 18 heavy (non-hydrogen) atoms. The molecule has 0 unspecified atom stereocenters. The summed E-state index contributed by atoms with van der Waals surface area (Å²) in [6, 6.07) is 0.0957. The number of piperazine rings is 1. The van der Waals surface area contributed by atoms with Crippen LogP contribution in [0.15, 0.2) is 0 Å². The average molecular weight is 254 g/mol. The molecule has 0 saturated carbocycles. The summed E-state index contributed by atoms with van der Waals surface area (Å²) >= 11 is 0.